The molecule has 3 rings (SSSR count). The molecule has 0 saturated carbocycles. The minimum absolute atomic E-state index is 0.142. The van der Waals surface area contributed by atoms with Crippen LogP contribution in [0.2, 0.25) is 0 Å². The first kappa shape index (κ1) is 16.3. The third-order valence-corrected chi connectivity index (χ3v) is 4.67. The Morgan fingerprint density at radius 3 is 2.33 bits per heavy atom. The van der Waals surface area contributed by atoms with Crippen molar-refractivity contribution in [1.29, 1.82) is 0 Å². The lowest BCUT2D eigenvalue weighted by molar-refractivity contribution is -0.133. The summed E-state index contributed by atoms with van der Waals surface area (Å²) in [4.78, 5) is 23.6. The molecule has 1 aliphatic heterocycles. The molecule has 2 aromatic rings. The van der Waals surface area contributed by atoms with Crippen molar-refractivity contribution in [3.63, 3.8) is 0 Å². The van der Waals surface area contributed by atoms with E-state index in [-0.39, 0.29) is 24.1 Å². The first-order valence-electron chi connectivity index (χ1n) is 7.47. The van der Waals surface area contributed by atoms with Crippen LogP contribution >= 0.6 is 0 Å². The number of hydrogen-bond donors (Lipinski definition) is 0. The molecule has 1 unspecified atom stereocenters. The summed E-state index contributed by atoms with van der Waals surface area (Å²) in [7, 11) is -1.47. The van der Waals surface area contributed by atoms with Crippen LogP contribution in [0.25, 0.3) is 11.1 Å². The van der Waals surface area contributed by atoms with Crippen molar-refractivity contribution in [2.45, 2.75) is 6.42 Å². The molecule has 2 aromatic carbocycles. The summed E-state index contributed by atoms with van der Waals surface area (Å²) in [5.74, 6) is -0.322. The van der Waals surface area contributed by atoms with Crippen molar-refractivity contribution in [1.82, 2.24) is 0 Å². The highest BCUT2D eigenvalue weighted by molar-refractivity contribution is 7.99. The van der Waals surface area contributed by atoms with Gasteiger partial charge in [0.25, 0.3) is 0 Å². The van der Waals surface area contributed by atoms with Gasteiger partial charge in [-0.25, -0.2) is 4.79 Å². The number of carbonyl (C=O) groups is 2. The predicted octanol–water partition coefficient (Wildman–Crippen LogP) is 2.60. The highest BCUT2D eigenvalue weighted by atomic mass is 32.2. The zero-order valence-corrected chi connectivity index (χ0v) is 14.0. The van der Waals surface area contributed by atoms with Gasteiger partial charge in [-0.15, -0.1) is 0 Å². The maximum atomic E-state index is 12.1. The lowest BCUT2D eigenvalue weighted by atomic mass is 9.96. The van der Waals surface area contributed by atoms with Gasteiger partial charge in [0.05, 0.1) is 16.4 Å². The number of benzene rings is 2. The maximum Gasteiger partial charge on any atom is 0.339 e. The molecule has 4 nitrogen and oxygen atoms in total. The molecule has 5 heteroatoms. The second kappa shape index (κ2) is 6.93. The minimum Gasteiger partial charge on any atom is -0.457 e. The van der Waals surface area contributed by atoms with Gasteiger partial charge in [-0.05, 0) is 16.7 Å². The Bertz CT molecular complexity index is 835. The Kier molecular flexibility index (Phi) is 4.71. The van der Waals surface area contributed by atoms with E-state index >= 15 is 0 Å². The van der Waals surface area contributed by atoms with Crippen LogP contribution in [-0.2, 0) is 31.5 Å². The molecule has 0 aromatic heterocycles. The molecule has 0 aliphatic carbocycles. The van der Waals surface area contributed by atoms with Crippen molar-refractivity contribution in [2.75, 3.05) is 12.9 Å². The minimum atomic E-state index is -1.47. The van der Waals surface area contributed by atoms with Crippen molar-refractivity contribution in [3.8, 4) is 0 Å². The van der Waals surface area contributed by atoms with E-state index in [1.807, 2.05) is 54.6 Å². The second-order valence-corrected chi connectivity index (χ2v) is 6.86. The molecule has 0 spiro atoms. The third kappa shape index (κ3) is 3.36. The van der Waals surface area contributed by atoms with Gasteiger partial charge in [0.1, 0.15) is 6.61 Å². The highest BCUT2D eigenvalue weighted by Crippen LogP contribution is 2.32. The zero-order chi connectivity index (χ0) is 17.1. The van der Waals surface area contributed by atoms with Crippen LogP contribution in [0.3, 0.4) is 0 Å². The van der Waals surface area contributed by atoms with Crippen molar-refractivity contribution < 1.29 is 18.5 Å². The average molecular weight is 340 g/mol. The first-order chi connectivity index (χ1) is 11.6. The normalized spacial score (nSPS) is 15.3. The van der Waals surface area contributed by atoms with Crippen LogP contribution in [0.4, 0.5) is 0 Å². The van der Waals surface area contributed by atoms with E-state index in [1.54, 1.807) is 0 Å². The van der Waals surface area contributed by atoms with Gasteiger partial charge >= 0.3 is 5.97 Å². The molecule has 0 radical (unpaired) electrons. The zero-order valence-electron chi connectivity index (χ0n) is 13.2. The topological polar surface area (TPSA) is 60.4 Å². The molecular formula is C19H16O4S. The summed E-state index contributed by atoms with van der Waals surface area (Å²) in [6, 6.07) is 16.8. The van der Waals surface area contributed by atoms with Gasteiger partial charge in [0, 0.05) is 18.2 Å². The quantitative estimate of drug-likeness (QED) is 0.803. The van der Waals surface area contributed by atoms with Crippen molar-refractivity contribution in [2.24, 2.45) is 0 Å². The Hall–Kier alpha value is -2.53. The fraction of sp³-hybridized carbons (Fsp3) is 0.158. The van der Waals surface area contributed by atoms with Crippen LogP contribution in [0.1, 0.15) is 16.7 Å². The summed E-state index contributed by atoms with van der Waals surface area (Å²) in [6.45, 7) is 0.236. The van der Waals surface area contributed by atoms with Gasteiger partial charge in [0.15, 0.2) is 0 Å². The lowest BCUT2D eigenvalue weighted by Crippen LogP contribution is -2.08. The Morgan fingerprint density at radius 1 is 1.04 bits per heavy atom. The molecule has 24 heavy (non-hydrogen) atoms. The van der Waals surface area contributed by atoms with E-state index in [0.717, 1.165) is 22.3 Å². The van der Waals surface area contributed by atoms with E-state index in [9.17, 15) is 13.8 Å². The van der Waals surface area contributed by atoms with Crippen LogP contribution < -0.4 is 0 Å². The van der Waals surface area contributed by atoms with Crippen molar-refractivity contribution in [3.05, 3.63) is 71.3 Å². The summed E-state index contributed by atoms with van der Waals surface area (Å²) in [5, 5.41) is -0.300. The predicted molar refractivity (Wildman–Crippen MR) is 93.4 cm³/mol. The molecule has 0 saturated heterocycles. The van der Waals surface area contributed by atoms with Gasteiger partial charge in [0.2, 0.25) is 5.12 Å². The number of rotatable bonds is 4. The van der Waals surface area contributed by atoms with E-state index in [1.165, 1.54) is 6.26 Å². The molecule has 122 valence electrons. The molecule has 0 N–H and O–H groups in total. The lowest BCUT2D eigenvalue weighted by Gasteiger charge is -2.06. The maximum absolute atomic E-state index is 12.1. The Labute approximate surface area is 142 Å². The van der Waals surface area contributed by atoms with E-state index in [2.05, 4.69) is 0 Å². The standard InChI is InChI=1S/C19H16O4S/c1-24(22)17(20)11-13-7-9-14(10-8-13)16-12-23-19(21)18(16)15-5-3-2-4-6-15/h2-10H,11-12H2,1H3. The summed E-state index contributed by atoms with van der Waals surface area (Å²) in [5.41, 5.74) is 3.92. The summed E-state index contributed by atoms with van der Waals surface area (Å²) in [6.07, 6.45) is 1.53. The second-order valence-electron chi connectivity index (χ2n) is 5.50. The van der Waals surface area contributed by atoms with Crippen LogP contribution in [0.5, 0.6) is 0 Å². The van der Waals surface area contributed by atoms with Gasteiger partial charge < -0.3 is 4.74 Å². The molecule has 0 fully saturated rings. The molecule has 0 bridgehead atoms. The SMILES string of the molecule is CS(=O)C(=O)Cc1ccc(C2=C(c3ccccc3)C(=O)OC2)cc1. The fourth-order valence-electron chi connectivity index (χ4n) is 2.62. The van der Waals surface area contributed by atoms with E-state index in [0.29, 0.717) is 5.57 Å². The number of ether oxygens (including phenoxy) is 1. The van der Waals surface area contributed by atoms with Gasteiger partial charge in [-0.1, -0.05) is 54.6 Å². The number of carbonyl (C=O) groups excluding carboxylic acids is 2. The highest BCUT2D eigenvalue weighted by Gasteiger charge is 2.26. The Balaban J connectivity index is 1.93. The largest absolute Gasteiger partial charge is 0.457 e. The van der Waals surface area contributed by atoms with Gasteiger partial charge in [-0.2, -0.15) is 0 Å². The van der Waals surface area contributed by atoms with Crippen LogP contribution in [0, 0.1) is 0 Å². The molecule has 0 amide bonds. The van der Waals surface area contributed by atoms with E-state index < -0.39 is 10.8 Å². The van der Waals surface area contributed by atoms with E-state index in [4.69, 9.17) is 4.74 Å². The summed E-state index contributed by atoms with van der Waals surface area (Å²) >= 11 is 0. The Morgan fingerprint density at radius 2 is 1.71 bits per heavy atom. The summed E-state index contributed by atoms with van der Waals surface area (Å²) < 4.78 is 16.4. The molecule has 1 atom stereocenters. The van der Waals surface area contributed by atoms with Crippen molar-refractivity contribution >= 4 is 33.0 Å². The third-order valence-electron chi connectivity index (χ3n) is 3.89. The fourth-order valence-corrected chi connectivity index (χ4v) is 2.99. The molecular weight excluding hydrogens is 324 g/mol. The number of esters is 1. The van der Waals surface area contributed by atoms with Crippen LogP contribution in [0.15, 0.2) is 54.6 Å². The first-order valence-corrected chi connectivity index (χ1v) is 9.03. The molecule has 1 aliphatic rings. The average Bonchev–Trinajstić information content (AvgIpc) is 2.98. The van der Waals surface area contributed by atoms with Gasteiger partial charge in [-0.3, -0.25) is 9.00 Å². The monoisotopic (exact) mass is 340 g/mol. The number of cyclic esters (lactones) is 1. The van der Waals surface area contributed by atoms with Crippen LogP contribution in [-0.4, -0.2) is 28.2 Å². The smallest absolute Gasteiger partial charge is 0.339 e. The molecule has 1 heterocycles. The number of hydrogen-bond acceptors (Lipinski definition) is 4.